The van der Waals surface area contributed by atoms with Crippen molar-refractivity contribution in [1.29, 1.82) is 0 Å². The summed E-state index contributed by atoms with van der Waals surface area (Å²) in [6, 6.07) is 0.222. The number of aromatic nitrogens is 2. The zero-order valence-corrected chi connectivity index (χ0v) is 12.9. The first-order chi connectivity index (χ1) is 8.75. The summed E-state index contributed by atoms with van der Waals surface area (Å²) in [4.78, 5) is 12.1. The number of hydrogen-bond acceptors (Lipinski definition) is 3. The third kappa shape index (κ3) is 3.30. The van der Waals surface area contributed by atoms with Gasteiger partial charge >= 0.3 is 0 Å². The maximum atomic E-state index is 12.1. The highest BCUT2D eigenvalue weighted by molar-refractivity contribution is 9.10. The lowest BCUT2D eigenvalue weighted by atomic mass is 10.1. The maximum Gasteiger partial charge on any atom is 0.273 e. The van der Waals surface area contributed by atoms with Gasteiger partial charge in [0.25, 0.3) is 5.91 Å². The second-order valence-electron chi connectivity index (χ2n) is 5.09. The summed E-state index contributed by atoms with van der Waals surface area (Å²) in [6.45, 7) is 1.90. The van der Waals surface area contributed by atoms with Crippen LogP contribution in [0.1, 0.15) is 47.8 Å². The van der Waals surface area contributed by atoms with Crippen molar-refractivity contribution in [2.45, 2.75) is 37.6 Å². The molecule has 3 N–H and O–H groups in total. The number of piperidine rings is 1. The first-order valence-corrected chi connectivity index (χ1v) is 7.30. The predicted molar refractivity (Wildman–Crippen MR) is 78.9 cm³/mol. The Bertz CT molecular complexity index is 455. The van der Waals surface area contributed by atoms with E-state index in [2.05, 4.69) is 36.8 Å². The molecule has 5 nitrogen and oxygen atoms in total. The Labute approximate surface area is 126 Å². The standard InChI is InChI=1S/C12H17BrN4O.ClH/c13-9-10(7-3-4-7)16-17-11(9)12(18)15-8-2-1-5-14-6-8;/h7-8,14H,1-6H2,(H,15,18)(H,16,17);1H/t8-;/m0./s1. The van der Waals surface area contributed by atoms with E-state index in [9.17, 15) is 4.79 Å². The highest BCUT2D eigenvalue weighted by atomic mass is 79.9. The van der Waals surface area contributed by atoms with E-state index < -0.39 is 0 Å². The van der Waals surface area contributed by atoms with Crippen LogP contribution in [0.2, 0.25) is 0 Å². The minimum atomic E-state index is -0.0845. The van der Waals surface area contributed by atoms with Crippen molar-refractivity contribution in [2.24, 2.45) is 0 Å². The Hall–Kier alpha value is -0.590. The van der Waals surface area contributed by atoms with E-state index in [4.69, 9.17) is 0 Å². The fourth-order valence-corrected chi connectivity index (χ4v) is 3.04. The molecule has 1 amide bonds. The van der Waals surface area contributed by atoms with E-state index in [1.807, 2.05) is 0 Å². The van der Waals surface area contributed by atoms with Crippen molar-refractivity contribution in [1.82, 2.24) is 20.8 Å². The van der Waals surface area contributed by atoms with Crippen LogP contribution in [-0.2, 0) is 0 Å². The number of nitrogens with one attached hydrogen (secondary N) is 3. The minimum Gasteiger partial charge on any atom is -0.347 e. The van der Waals surface area contributed by atoms with Gasteiger partial charge in [-0.05, 0) is 48.2 Å². The van der Waals surface area contributed by atoms with Crippen LogP contribution >= 0.6 is 28.3 Å². The molecule has 1 aromatic heterocycles. The third-order valence-corrected chi connectivity index (χ3v) is 4.37. The molecule has 2 aliphatic rings. The third-order valence-electron chi connectivity index (χ3n) is 3.57. The molecule has 0 radical (unpaired) electrons. The number of H-pyrrole nitrogens is 1. The van der Waals surface area contributed by atoms with Crippen LogP contribution in [0, 0.1) is 0 Å². The zero-order chi connectivity index (χ0) is 12.5. The quantitative estimate of drug-likeness (QED) is 0.781. The average Bonchev–Trinajstić information content (AvgIpc) is 3.14. The second-order valence-corrected chi connectivity index (χ2v) is 5.88. The SMILES string of the molecule is Cl.O=C(N[C@H]1CCCNC1)c1n[nH]c(C2CC2)c1Br. The van der Waals surface area contributed by atoms with Crippen LogP contribution in [0.3, 0.4) is 0 Å². The van der Waals surface area contributed by atoms with Crippen LogP contribution in [-0.4, -0.2) is 35.2 Å². The smallest absolute Gasteiger partial charge is 0.273 e. The molecule has 1 aliphatic carbocycles. The fourth-order valence-electron chi connectivity index (χ4n) is 2.36. The van der Waals surface area contributed by atoms with Crippen molar-refractivity contribution in [3.63, 3.8) is 0 Å². The summed E-state index contributed by atoms with van der Waals surface area (Å²) in [5.41, 5.74) is 1.56. The van der Waals surface area contributed by atoms with Crippen molar-refractivity contribution in [2.75, 3.05) is 13.1 Å². The Morgan fingerprint density at radius 1 is 1.37 bits per heavy atom. The van der Waals surface area contributed by atoms with E-state index in [-0.39, 0.29) is 24.4 Å². The van der Waals surface area contributed by atoms with Gasteiger partial charge in [0.1, 0.15) is 0 Å². The Morgan fingerprint density at radius 2 is 2.16 bits per heavy atom. The summed E-state index contributed by atoms with van der Waals surface area (Å²) in [7, 11) is 0. The molecular formula is C12H18BrClN4O. The molecule has 1 saturated carbocycles. The molecule has 0 aromatic carbocycles. The predicted octanol–water partition coefficient (Wildman–Crippen LogP) is 1.95. The lowest BCUT2D eigenvalue weighted by Gasteiger charge is -2.23. The van der Waals surface area contributed by atoms with Gasteiger partial charge < -0.3 is 10.6 Å². The van der Waals surface area contributed by atoms with E-state index in [1.54, 1.807) is 0 Å². The molecule has 0 bridgehead atoms. The molecule has 1 aliphatic heterocycles. The highest BCUT2D eigenvalue weighted by Gasteiger charge is 2.30. The number of rotatable bonds is 3. The summed E-state index contributed by atoms with van der Waals surface area (Å²) >= 11 is 3.49. The van der Waals surface area contributed by atoms with Gasteiger partial charge in [0.15, 0.2) is 5.69 Å². The number of carbonyl (C=O) groups is 1. The number of aromatic amines is 1. The highest BCUT2D eigenvalue weighted by Crippen LogP contribution is 2.42. The molecule has 1 atom stereocenters. The van der Waals surface area contributed by atoms with Crippen molar-refractivity contribution >= 4 is 34.2 Å². The van der Waals surface area contributed by atoms with Gasteiger partial charge in [0.05, 0.1) is 10.2 Å². The van der Waals surface area contributed by atoms with Crippen LogP contribution in [0.4, 0.5) is 0 Å². The molecule has 0 unspecified atom stereocenters. The van der Waals surface area contributed by atoms with E-state index in [1.165, 1.54) is 12.8 Å². The molecular weight excluding hydrogens is 332 g/mol. The monoisotopic (exact) mass is 348 g/mol. The Balaban J connectivity index is 0.00000133. The van der Waals surface area contributed by atoms with Crippen molar-refractivity contribution in [3.05, 3.63) is 15.9 Å². The lowest BCUT2D eigenvalue weighted by Crippen LogP contribution is -2.45. The lowest BCUT2D eigenvalue weighted by molar-refractivity contribution is 0.0925. The number of hydrogen-bond donors (Lipinski definition) is 3. The summed E-state index contributed by atoms with van der Waals surface area (Å²) in [5.74, 6) is 0.475. The Kier molecular flexibility index (Phi) is 4.86. The van der Waals surface area contributed by atoms with Gasteiger partial charge in [-0.1, -0.05) is 0 Å². The van der Waals surface area contributed by atoms with E-state index in [0.29, 0.717) is 11.6 Å². The van der Waals surface area contributed by atoms with Gasteiger partial charge in [0.2, 0.25) is 0 Å². The maximum absolute atomic E-state index is 12.1. The van der Waals surface area contributed by atoms with Crippen molar-refractivity contribution < 1.29 is 4.79 Å². The normalized spacial score (nSPS) is 22.7. The number of amides is 1. The minimum absolute atomic E-state index is 0. The van der Waals surface area contributed by atoms with Gasteiger partial charge in [-0.2, -0.15) is 5.10 Å². The number of halogens is 2. The van der Waals surface area contributed by atoms with Crippen LogP contribution < -0.4 is 10.6 Å². The van der Waals surface area contributed by atoms with Crippen LogP contribution in [0.5, 0.6) is 0 Å². The molecule has 2 fully saturated rings. The van der Waals surface area contributed by atoms with Gasteiger partial charge in [0, 0.05) is 18.5 Å². The average molecular weight is 350 g/mol. The van der Waals surface area contributed by atoms with E-state index in [0.717, 1.165) is 36.1 Å². The first-order valence-electron chi connectivity index (χ1n) is 6.51. The van der Waals surface area contributed by atoms with E-state index >= 15 is 0 Å². The molecule has 7 heteroatoms. The first kappa shape index (κ1) is 14.8. The van der Waals surface area contributed by atoms with Crippen LogP contribution in [0.25, 0.3) is 0 Å². The molecule has 0 spiro atoms. The summed E-state index contributed by atoms with van der Waals surface area (Å²) in [5, 5.41) is 13.4. The Morgan fingerprint density at radius 3 is 2.79 bits per heavy atom. The molecule has 1 aromatic rings. The van der Waals surface area contributed by atoms with Gasteiger partial charge in [-0.15, -0.1) is 12.4 Å². The molecule has 2 heterocycles. The fraction of sp³-hybridized carbons (Fsp3) is 0.667. The largest absolute Gasteiger partial charge is 0.347 e. The molecule has 1 saturated heterocycles. The zero-order valence-electron chi connectivity index (χ0n) is 10.5. The summed E-state index contributed by atoms with van der Waals surface area (Å²) < 4.78 is 0.839. The molecule has 19 heavy (non-hydrogen) atoms. The number of carbonyl (C=O) groups excluding carboxylic acids is 1. The number of nitrogens with zero attached hydrogens (tertiary/aromatic N) is 1. The second kappa shape index (κ2) is 6.24. The van der Waals surface area contributed by atoms with Gasteiger partial charge in [-0.25, -0.2) is 0 Å². The summed E-state index contributed by atoms with van der Waals surface area (Å²) in [6.07, 6.45) is 4.53. The van der Waals surface area contributed by atoms with Gasteiger partial charge in [-0.3, -0.25) is 9.89 Å². The molecule has 3 rings (SSSR count). The molecule has 106 valence electrons. The van der Waals surface area contributed by atoms with Crippen molar-refractivity contribution in [3.8, 4) is 0 Å². The van der Waals surface area contributed by atoms with Crippen LogP contribution in [0.15, 0.2) is 4.47 Å². The topological polar surface area (TPSA) is 69.8 Å².